The molecule has 1 aromatic rings. The van der Waals surface area contributed by atoms with Gasteiger partial charge >= 0.3 is 0 Å². The summed E-state index contributed by atoms with van der Waals surface area (Å²) in [5, 5.41) is 0. The number of benzene rings is 1. The molecule has 0 aromatic heterocycles. The van der Waals surface area contributed by atoms with E-state index < -0.39 is 10.8 Å². The van der Waals surface area contributed by atoms with E-state index in [2.05, 4.69) is 12.1 Å². The summed E-state index contributed by atoms with van der Waals surface area (Å²) in [5.74, 6) is 2.24. The quantitative estimate of drug-likeness (QED) is 0.882. The molecule has 4 heteroatoms. The summed E-state index contributed by atoms with van der Waals surface area (Å²) in [5.41, 5.74) is 8.03. The lowest BCUT2D eigenvalue weighted by Gasteiger charge is -2.17. The molecule has 1 heterocycles. The van der Waals surface area contributed by atoms with Crippen LogP contribution in [0.25, 0.3) is 0 Å². The summed E-state index contributed by atoms with van der Waals surface area (Å²) >= 11 is 0. The maximum Gasteiger partial charge on any atom is 0.122 e. The molecule has 0 bridgehead atoms. The third-order valence-electron chi connectivity index (χ3n) is 2.91. The molecule has 2 rings (SSSR count). The molecular weight excluding hydrogens is 246 g/mol. The fraction of sp³-hybridized carbons (Fsp3) is 0.571. The van der Waals surface area contributed by atoms with Gasteiger partial charge in [0.15, 0.2) is 0 Å². The van der Waals surface area contributed by atoms with Crippen molar-refractivity contribution < 1.29 is 8.95 Å². The maximum absolute atomic E-state index is 11.9. The van der Waals surface area contributed by atoms with Crippen molar-refractivity contribution in [3.8, 4) is 5.75 Å². The Labute approximate surface area is 111 Å². The van der Waals surface area contributed by atoms with Gasteiger partial charge in [0.2, 0.25) is 0 Å². The van der Waals surface area contributed by atoms with Crippen LogP contribution in [0.2, 0.25) is 0 Å². The van der Waals surface area contributed by atoms with Gasteiger partial charge in [-0.15, -0.1) is 0 Å². The van der Waals surface area contributed by atoms with Crippen LogP contribution < -0.4 is 10.5 Å². The van der Waals surface area contributed by atoms with Crippen LogP contribution in [0.3, 0.4) is 0 Å². The first-order valence-corrected chi connectivity index (χ1v) is 7.81. The van der Waals surface area contributed by atoms with Gasteiger partial charge < -0.3 is 10.5 Å². The molecule has 100 valence electrons. The molecule has 18 heavy (non-hydrogen) atoms. The van der Waals surface area contributed by atoms with Gasteiger partial charge in [0.25, 0.3) is 0 Å². The molecule has 0 saturated heterocycles. The SMILES string of the molecule is CC(C)(N)CS(=O)CCc1ccc2c(c1)CCO2. The van der Waals surface area contributed by atoms with Gasteiger partial charge in [0, 0.05) is 34.3 Å². The lowest BCUT2D eigenvalue weighted by molar-refractivity contribution is 0.357. The van der Waals surface area contributed by atoms with Crippen LogP contribution in [-0.2, 0) is 23.6 Å². The minimum Gasteiger partial charge on any atom is -0.493 e. The molecule has 0 fully saturated rings. The third kappa shape index (κ3) is 3.82. The second-order valence-electron chi connectivity index (χ2n) is 5.57. The minimum atomic E-state index is -0.845. The fourth-order valence-corrected chi connectivity index (χ4v) is 3.55. The van der Waals surface area contributed by atoms with E-state index in [4.69, 9.17) is 10.5 Å². The van der Waals surface area contributed by atoms with Crippen molar-refractivity contribution >= 4 is 10.8 Å². The summed E-state index contributed by atoms with van der Waals surface area (Å²) in [4.78, 5) is 0. The van der Waals surface area contributed by atoms with E-state index in [1.807, 2.05) is 19.9 Å². The third-order valence-corrected chi connectivity index (χ3v) is 4.63. The Bertz CT molecular complexity index is 452. The molecule has 1 aliphatic rings. The van der Waals surface area contributed by atoms with Crippen molar-refractivity contribution in [1.29, 1.82) is 0 Å². The lowest BCUT2D eigenvalue weighted by Crippen LogP contribution is -2.38. The van der Waals surface area contributed by atoms with Gasteiger partial charge in [-0.3, -0.25) is 4.21 Å². The van der Waals surface area contributed by atoms with Gasteiger partial charge in [-0.1, -0.05) is 12.1 Å². The van der Waals surface area contributed by atoms with Crippen LogP contribution in [-0.4, -0.2) is 27.9 Å². The second kappa shape index (κ2) is 5.41. The molecule has 1 aliphatic heterocycles. The van der Waals surface area contributed by atoms with Gasteiger partial charge in [-0.25, -0.2) is 0 Å². The monoisotopic (exact) mass is 267 g/mol. The van der Waals surface area contributed by atoms with E-state index in [0.717, 1.165) is 25.2 Å². The Morgan fingerprint density at radius 1 is 1.44 bits per heavy atom. The summed E-state index contributed by atoms with van der Waals surface area (Å²) < 4.78 is 17.3. The van der Waals surface area contributed by atoms with Gasteiger partial charge in [0.05, 0.1) is 6.61 Å². The molecule has 0 radical (unpaired) electrons. The Kier molecular flexibility index (Phi) is 4.07. The van der Waals surface area contributed by atoms with Crippen molar-refractivity contribution in [3.05, 3.63) is 29.3 Å². The highest BCUT2D eigenvalue weighted by Gasteiger charge is 2.16. The highest BCUT2D eigenvalue weighted by molar-refractivity contribution is 7.85. The fourth-order valence-electron chi connectivity index (χ4n) is 2.11. The molecule has 0 spiro atoms. The Balaban J connectivity index is 1.89. The smallest absolute Gasteiger partial charge is 0.122 e. The van der Waals surface area contributed by atoms with Crippen molar-refractivity contribution in [2.24, 2.45) is 5.73 Å². The predicted molar refractivity (Wildman–Crippen MR) is 75.5 cm³/mol. The molecule has 0 saturated carbocycles. The van der Waals surface area contributed by atoms with Gasteiger partial charge in [0.1, 0.15) is 5.75 Å². The highest BCUT2D eigenvalue weighted by Crippen LogP contribution is 2.26. The maximum atomic E-state index is 11.9. The zero-order chi connectivity index (χ0) is 13.2. The molecular formula is C14H21NO2S. The van der Waals surface area contributed by atoms with Crippen LogP contribution in [0.5, 0.6) is 5.75 Å². The first-order chi connectivity index (χ1) is 8.44. The number of hydrogen-bond donors (Lipinski definition) is 1. The largest absolute Gasteiger partial charge is 0.493 e. The van der Waals surface area contributed by atoms with Crippen LogP contribution >= 0.6 is 0 Å². The van der Waals surface area contributed by atoms with Crippen molar-refractivity contribution in [2.75, 3.05) is 18.1 Å². The van der Waals surface area contributed by atoms with Crippen molar-refractivity contribution in [2.45, 2.75) is 32.2 Å². The average molecular weight is 267 g/mol. The zero-order valence-corrected chi connectivity index (χ0v) is 11.9. The van der Waals surface area contributed by atoms with E-state index in [1.165, 1.54) is 11.1 Å². The number of aryl methyl sites for hydroxylation is 1. The van der Waals surface area contributed by atoms with Crippen LogP contribution in [0.15, 0.2) is 18.2 Å². The zero-order valence-electron chi connectivity index (χ0n) is 11.1. The van der Waals surface area contributed by atoms with Crippen LogP contribution in [0, 0.1) is 0 Å². The Morgan fingerprint density at radius 2 is 2.22 bits per heavy atom. The van der Waals surface area contributed by atoms with Gasteiger partial charge in [-0.05, 0) is 37.5 Å². The second-order valence-corrected chi connectivity index (χ2v) is 7.14. The average Bonchev–Trinajstić information content (AvgIpc) is 2.71. The number of fused-ring (bicyclic) bond motifs is 1. The van der Waals surface area contributed by atoms with Crippen molar-refractivity contribution in [3.63, 3.8) is 0 Å². The number of ether oxygens (including phenoxy) is 1. The highest BCUT2D eigenvalue weighted by atomic mass is 32.2. The standard InChI is InChI=1S/C14H21NO2S/c1-14(2,15)10-18(16)8-6-11-3-4-13-12(9-11)5-7-17-13/h3-4,9H,5-8,10,15H2,1-2H3. The van der Waals surface area contributed by atoms with E-state index in [-0.39, 0.29) is 5.54 Å². The predicted octanol–water partition coefficient (Wildman–Crippen LogP) is 1.65. The summed E-state index contributed by atoms with van der Waals surface area (Å²) in [6.07, 6.45) is 1.83. The summed E-state index contributed by atoms with van der Waals surface area (Å²) in [6, 6.07) is 6.26. The van der Waals surface area contributed by atoms with E-state index in [0.29, 0.717) is 11.5 Å². The number of hydrogen-bond acceptors (Lipinski definition) is 3. The van der Waals surface area contributed by atoms with Crippen LogP contribution in [0.1, 0.15) is 25.0 Å². The number of rotatable bonds is 5. The molecule has 1 unspecified atom stereocenters. The van der Waals surface area contributed by atoms with E-state index >= 15 is 0 Å². The number of nitrogens with two attached hydrogens (primary N) is 1. The summed E-state index contributed by atoms with van der Waals surface area (Å²) in [6.45, 7) is 4.61. The Morgan fingerprint density at radius 3 is 2.94 bits per heavy atom. The molecule has 1 aromatic carbocycles. The summed E-state index contributed by atoms with van der Waals surface area (Å²) in [7, 11) is -0.845. The molecule has 3 nitrogen and oxygen atoms in total. The lowest BCUT2D eigenvalue weighted by atomic mass is 10.1. The molecule has 0 amide bonds. The van der Waals surface area contributed by atoms with Crippen molar-refractivity contribution in [1.82, 2.24) is 0 Å². The van der Waals surface area contributed by atoms with E-state index in [1.54, 1.807) is 0 Å². The molecule has 0 aliphatic carbocycles. The molecule has 2 N–H and O–H groups in total. The van der Waals surface area contributed by atoms with E-state index in [9.17, 15) is 4.21 Å². The first kappa shape index (κ1) is 13.6. The van der Waals surface area contributed by atoms with Crippen LogP contribution in [0.4, 0.5) is 0 Å². The minimum absolute atomic E-state index is 0.351. The Hall–Kier alpha value is -0.870. The topological polar surface area (TPSA) is 52.3 Å². The molecule has 1 atom stereocenters. The first-order valence-electron chi connectivity index (χ1n) is 6.32. The normalized spacial score (nSPS) is 16.2. The van der Waals surface area contributed by atoms with Gasteiger partial charge in [-0.2, -0.15) is 0 Å².